The molecule has 2 amide bonds. The van der Waals surface area contributed by atoms with Crippen LogP contribution >= 0.6 is 12.2 Å². The van der Waals surface area contributed by atoms with Crippen LogP contribution in [0.4, 0.5) is 29.3 Å². The summed E-state index contributed by atoms with van der Waals surface area (Å²) >= 11 is 5.66. The lowest BCUT2D eigenvalue weighted by Gasteiger charge is -2.42. The Morgan fingerprint density at radius 3 is 2.33 bits per heavy atom. The minimum atomic E-state index is -4.78. The molecule has 1 N–H and O–H groups in total. The predicted octanol–water partition coefficient (Wildman–Crippen LogP) is 5.51. The van der Waals surface area contributed by atoms with Gasteiger partial charge in [0.1, 0.15) is 17.9 Å². The summed E-state index contributed by atoms with van der Waals surface area (Å²) in [6, 6.07) is 9.79. The van der Waals surface area contributed by atoms with Crippen molar-refractivity contribution < 1.29 is 32.6 Å². The number of anilines is 2. The first-order chi connectivity index (χ1) is 20.1. The lowest BCUT2D eigenvalue weighted by molar-refractivity contribution is -0.137. The standard InChI is InChI=1S/C30H34F3N5O4S/c1-6-20-13-23(9-10-25(20)42-12-11-35-16-18(2)36(28(40)41)19(3)17-35)38-27(43)37(26(39)29(38,4)5)22-8-7-21(15-34)24(14-22)30(31,32)33/h7-10,13-14,18-19H,6,11-12,16-17H2,1-5H3,(H,40,41)/t18-,19-/m1/s1. The van der Waals surface area contributed by atoms with Gasteiger partial charge in [0.2, 0.25) is 0 Å². The Bertz CT molecular complexity index is 1460. The van der Waals surface area contributed by atoms with E-state index in [1.54, 1.807) is 36.9 Å². The third-order valence-corrected chi connectivity index (χ3v) is 8.28. The van der Waals surface area contributed by atoms with Crippen molar-refractivity contribution in [3.05, 3.63) is 53.1 Å². The molecule has 230 valence electrons. The van der Waals surface area contributed by atoms with Crippen LogP contribution in [0.5, 0.6) is 5.75 Å². The maximum atomic E-state index is 13.6. The van der Waals surface area contributed by atoms with E-state index in [9.17, 15) is 27.9 Å². The van der Waals surface area contributed by atoms with Gasteiger partial charge >= 0.3 is 12.3 Å². The minimum absolute atomic E-state index is 0.0206. The molecule has 2 heterocycles. The molecule has 0 bridgehead atoms. The summed E-state index contributed by atoms with van der Waals surface area (Å²) < 4.78 is 47.1. The van der Waals surface area contributed by atoms with Crippen LogP contribution in [0.25, 0.3) is 0 Å². The summed E-state index contributed by atoms with van der Waals surface area (Å²) in [6.07, 6.45) is -5.09. The molecule has 13 heteroatoms. The molecule has 0 unspecified atom stereocenters. The van der Waals surface area contributed by atoms with Crippen LogP contribution in [0.1, 0.15) is 51.3 Å². The number of nitrogens with zero attached hydrogens (tertiary/aromatic N) is 5. The zero-order valence-corrected chi connectivity index (χ0v) is 25.4. The fourth-order valence-corrected chi connectivity index (χ4v) is 6.38. The zero-order valence-electron chi connectivity index (χ0n) is 24.6. The van der Waals surface area contributed by atoms with E-state index in [0.29, 0.717) is 44.1 Å². The van der Waals surface area contributed by atoms with Gasteiger partial charge in [-0.2, -0.15) is 18.4 Å². The number of carboxylic acid groups (broad SMARTS) is 1. The smallest absolute Gasteiger partial charge is 0.417 e. The summed E-state index contributed by atoms with van der Waals surface area (Å²) in [5.74, 6) is 0.157. The second kappa shape index (κ2) is 12.0. The van der Waals surface area contributed by atoms with Crippen LogP contribution in [0.2, 0.25) is 0 Å². The Morgan fingerprint density at radius 2 is 1.77 bits per heavy atom. The average Bonchev–Trinajstić information content (AvgIpc) is 3.10. The monoisotopic (exact) mass is 617 g/mol. The highest BCUT2D eigenvalue weighted by Gasteiger charge is 2.51. The lowest BCUT2D eigenvalue weighted by Crippen LogP contribution is -2.58. The molecule has 0 saturated carbocycles. The molecule has 43 heavy (non-hydrogen) atoms. The van der Waals surface area contributed by atoms with E-state index in [4.69, 9.17) is 22.2 Å². The maximum Gasteiger partial charge on any atom is 0.417 e. The normalized spacial score (nSPS) is 20.9. The van der Waals surface area contributed by atoms with Gasteiger partial charge in [0.05, 0.1) is 22.9 Å². The first-order valence-electron chi connectivity index (χ1n) is 13.9. The van der Waals surface area contributed by atoms with E-state index in [1.165, 1.54) is 11.0 Å². The number of piperazine rings is 1. The minimum Gasteiger partial charge on any atom is -0.492 e. The number of nitriles is 1. The van der Waals surface area contributed by atoms with E-state index < -0.39 is 34.8 Å². The van der Waals surface area contributed by atoms with Crippen molar-refractivity contribution in [3.8, 4) is 11.8 Å². The molecule has 0 aromatic heterocycles. The number of hydrogen-bond acceptors (Lipinski definition) is 6. The van der Waals surface area contributed by atoms with Crippen molar-refractivity contribution in [3.63, 3.8) is 0 Å². The molecule has 2 atom stereocenters. The highest BCUT2D eigenvalue weighted by atomic mass is 32.1. The Morgan fingerprint density at radius 1 is 1.14 bits per heavy atom. The van der Waals surface area contributed by atoms with E-state index in [2.05, 4.69) is 4.90 Å². The molecule has 0 aliphatic carbocycles. The molecule has 0 spiro atoms. The number of ether oxygens (including phenoxy) is 1. The Balaban J connectivity index is 1.53. The zero-order chi connectivity index (χ0) is 31.9. The second-order valence-electron chi connectivity index (χ2n) is 11.3. The Kier molecular flexibility index (Phi) is 8.95. The van der Waals surface area contributed by atoms with Gasteiger partial charge < -0.3 is 19.6 Å². The van der Waals surface area contributed by atoms with E-state index in [1.807, 2.05) is 26.8 Å². The van der Waals surface area contributed by atoms with Crippen LogP contribution in [-0.2, 0) is 17.4 Å². The number of thiocarbonyl (C=S) groups is 1. The van der Waals surface area contributed by atoms with Crippen molar-refractivity contribution >= 4 is 40.7 Å². The number of carbonyl (C=O) groups is 2. The average molecular weight is 618 g/mol. The molecule has 9 nitrogen and oxygen atoms in total. The van der Waals surface area contributed by atoms with Gasteiger partial charge in [0, 0.05) is 37.4 Å². The van der Waals surface area contributed by atoms with Gasteiger partial charge in [0.15, 0.2) is 5.11 Å². The van der Waals surface area contributed by atoms with E-state index >= 15 is 0 Å². The SMILES string of the molecule is CCc1cc(N2C(=S)N(c3ccc(C#N)c(C(F)(F)F)c3)C(=O)C2(C)C)ccc1OCCN1C[C@@H](C)N(C(=O)O)[C@H](C)C1. The van der Waals surface area contributed by atoms with Crippen LogP contribution < -0.4 is 14.5 Å². The van der Waals surface area contributed by atoms with Crippen LogP contribution in [-0.4, -0.2) is 75.9 Å². The first-order valence-corrected chi connectivity index (χ1v) is 14.3. The summed E-state index contributed by atoms with van der Waals surface area (Å²) in [7, 11) is 0. The number of rotatable bonds is 7. The third-order valence-electron chi connectivity index (χ3n) is 7.92. The summed E-state index contributed by atoms with van der Waals surface area (Å²) in [5.41, 5.74) is -1.51. The van der Waals surface area contributed by atoms with Crippen LogP contribution in [0.3, 0.4) is 0 Å². The van der Waals surface area contributed by atoms with Crippen molar-refractivity contribution in [2.75, 3.05) is 36.0 Å². The van der Waals surface area contributed by atoms with Crippen molar-refractivity contribution in [2.24, 2.45) is 0 Å². The van der Waals surface area contributed by atoms with Crippen molar-refractivity contribution in [2.45, 2.75) is 64.8 Å². The quantitative estimate of drug-likeness (QED) is 0.407. The number of halogens is 3. The summed E-state index contributed by atoms with van der Waals surface area (Å²) in [6.45, 7) is 11.3. The third kappa shape index (κ3) is 6.12. The van der Waals surface area contributed by atoms with Gasteiger partial charge in [-0.3, -0.25) is 14.6 Å². The molecule has 2 aliphatic rings. The summed E-state index contributed by atoms with van der Waals surface area (Å²) in [4.78, 5) is 31.4. The summed E-state index contributed by atoms with van der Waals surface area (Å²) in [5, 5.41) is 18.6. The topological polar surface area (TPSA) is 100 Å². The Hall–Kier alpha value is -3.89. The molecule has 2 saturated heterocycles. The molecule has 4 rings (SSSR count). The highest BCUT2D eigenvalue weighted by molar-refractivity contribution is 7.81. The molecule has 2 aromatic rings. The molecular formula is C30H34F3N5O4S. The first kappa shape index (κ1) is 32.0. The van der Waals surface area contributed by atoms with Crippen molar-refractivity contribution in [1.29, 1.82) is 5.26 Å². The predicted molar refractivity (Wildman–Crippen MR) is 159 cm³/mol. The van der Waals surface area contributed by atoms with Gasteiger partial charge in [-0.15, -0.1) is 0 Å². The molecule has 2 aromatic carbocycles. The molecule has 2 aliphatic heterocycles. The number of amides is 2. The van der Waals surface area contributed by atoms with E-state index in [-0.39, 0.29) is 22.9 Å². The lowest BCUT2D eigenvalue weighted by atomic mass is 10.0. The van der Waals surface area contributed by atoms with Crippen molar-refractivity contribution in [1.82, 2.24) is 9.80 Å². The fraction of sp³-hybridized carbons (Fsp3) is 0.467. The second-order valence-corrected chi connectivity index (χ2v) is 11.7. The van der Waals surface area contributed by atoms with Gasteiger partial charge in [0.25, 0.3) is 5.91 Å². The number of alkyl halides is 3. The fourth-order valence-electron chi connectivity index (χ4n) is 5.86. The largest absolute Gasteiger partial charge is 0.492 e. The maximum absolute atomic E-state index is 13.6. The number of aryl methyl sites for hydroxylation is 1. The van der Waals surface area contributed by atoms with E-state index in [0.717, 1.165) is 22.6 Å². The number of carbonyl (C=O) groups excluding carboxylic acids is 1. The molecule has 2 fully saturated rings. The molecular weight excluding hydrogens is 583 g/mol. The Labute approximate surface area is 254 Å². The van der Waals surface area contributed by atoms with Crippen LogP contribution in [0.15, 0.2) is 36.4 Å². The van der Waals surface area contributed by atoms with Gasteiger partial charge in [-0.25, -0.2) is 4.79 Å². The molecule has 0 radical (unpaired) electrons. The number of benzene rings is 2. The van der Waals surface area contributed by atoms with Crippen LogP contribution in [0, 0.1) is 11.3 Å². The number of hydrogen-bond donors (Lipinski definition) is 1. The van der Waals surface area contributed by atoms with Gasteiger partial charge in [-0.1, -0.05) is 6.92 Å². The van der Waals surface area contributed by atoms with Gasteiger partial charge in [-0.05, 0) is 88.3 Å². The highest BCUT2D eigenvalue weighted by Crippen LogP contribution is 2.40.